The number of nitrogens with zero attached hydrogens (tertiary/aromatic N) is 1. The Morgan fingerprint density at radius 2 is 1.89 bits per heavy atom. The van der Waals surface area contributed by atoms with E-state index in [1.165, 1.54) is 12.1 Å². The number of aromatic nitrogens is 2. The first kappa shape index (κ1) is 22.3. The van der Waals surface area contributed by atoms with Crippen molar-refractivity contribution in [2.75, 3.05) is 10.6 Å². The molecule has 0 aliphatic carbocycles. The fourth-order valence-corrected chi connectivity index (χ4v) is 3.72. The molecule has 0 aliphatic heterocycles. The molecule has 3 heterocycles. The predicted octanol–water partition coefficient (Wildman–Crippen LogP) is 7.15. The molecular formula is C26H19F3N4O2. The lowest BCUT2D eigenvalue weighted by molar-refractivity contribution is -0.137. The number of rotatable bonds is 5. The molecule has 176 valence electrons. The number of hydrogen-bond acceptors (Lipinski definition) is 4. The summed E-state index contributed by atoms with van der Waals surface area (Å²) in [7, 11) is 0. The number of benzene rings is 2. The molecule has 0 saturated carbocycles. The van der Waals surface area contributed by atoms with Crippen LogP contribution in [-0.4, -0.2) is 15.9 Å². The number of fused-ring (bicyclic) bond motifs is 1. The first-order chi connectivity index (χ1) is 16.8. The Bertz CT molecular complexity index is 1520. The van der Waals surface area contributed by atoms with E-state index in [2.05, 4.69) is 20.6 Å². The van der Waals surface area contributed by atoms with Gasteiger partial charge >= 0.3 is 6.18 Å². The zero-order valence-corrected chi connectivity index (χ0v) is 18.4. The average Bonchev–Trinajstić information content (AvgIpc) is 3.53. The smallest absolute Gasteiger partial charge is 0.416 e. The molecule has 0 unspecified atom stereocenters. The molecule has 3 N–H and O–H groups in total. The summed E-state index contributed by atoms with van der Waals surface area (Å²) in [5, 5.41) is 6.94. The topological polar surface area (TPSA) is 82.9 Å². The second-order valence-corrected chi connectivity index (χ2v) is 7.99. The van der Waals surface area contributed by atoms with Crippen molar-refractivity contribution in [3.63, 3.8) is 0 Å². The third-order valence-electron chi connectivity index (χ3n) is 5.56. The summed E-state index contributed by atoms with van der Waals surface area (Å²) in [6, 6.07) is 15.2. The van der Waals surface area contributed by atoms with Gasteiger partial charge in [0.05, 0.1) is 29.5 Å². The number of anilines is 3. The Kier molecular flexibility index (Phi) is 5.52. The van der Waals surface area contributed by atoms with Crippen LogP contribution < -0.4 is 10.6 Å². The Morgan fingerprint density at radius 1 is 1.03 bits per heavy atom. The van der Waals surface area contributed by atoms with E-state index in [1.807, 2.05) is 31.2 Å². The zero-order valence-electron chi connectivity index (χ0n) is 18.4. The summed E-state index contributed by atoms with van der Waals surface area (Å²) in [6.45, 7) is 1.91. The lowest BCUT2D eigenvalue weighted by atomic mass is 10.1. The van der Waals surface area contributed by atoms with Crippen molar-refractivity contribution in [2.24, 2.45) is 0 Å². The maximum atomic E-state index is 13.0. The minimum Gasteiger partial charge on any atom is -0.472 e. The number of carbonyl (C=O) groups excluding carboxylic acids is 1. The second kappa shape index (κ2) is 8.68. The number of nitrogens with one attached hydrogen (secondary N) is 3. The number of hydrogen-bond donors (Lipinski definition) is 3. The maximum absolute atomic E-state index is 13.0. The van der Waals surface area contributed by atoms with Gasteiger partial charge in [0.2, 0.25) is 0 Å². The van der Waals surface area contributed by atoms with E-state index in [-0.39, 0.29) is 5.56 Å². The molecule has 0 atom stereocenters. The molecule has 0 fully saturated rings. The molecule has 0 radical (unpaired) electrons. The van der Waals surface area contributed by atoms with Gasteiger partial charge in [-0.15, -0.1) is 0 Å². The van der Waals surface area contributed by atoms with Crippen LogP contribution in [0.1, 0.15) is 21.5 Å². The van der Waals surface area contributed by atoms with E-state index in [4.69, 9.17) is 4.42 Å². The van der Waals surface area contributed by atoms with Gasteiger partial charge in [0.15, 0.2) is 0 Å². The Balaban J connectivity index is 1.44. The van der Waals surface area contributed by atoms with E-state index in [9.17, 15) is 18.0 Å². The first-order valence-corrected chi connectivity index (χ1v) is 10.6. The van der Waals surface area contributed by atoms with Gasteiger partial charge in [-0.3, -0.25) is 4.79 Å². The molecule has 0 spiro atoms. The molecule has 1 amide bonds. The second-order valence-electron chi connectivity index (χ2n) is 7.99. The molecule has 5 rings (SSSR count). The summed E-state index contributed by atoms with van der Waals surface area (Å²) >= 11 is 0. The van der Waals surface area contributed by atoms with Crippen molar-refractivity contribution in [1.82, 2.24) is 9.97 Å². The number of pyridine rings is 1. The summed E-state index contributed by atoms with van der Waals surface area (Å²) in [6.07, 6.45) is 0.445. The largest absolute Gasteiger partial charge is 0.472 e. The molecular weight excluding hydrogens is 457 g/mol. The molecule has 0 bridgehead atoms. The van der Waals surface area contributed by atoms with E-state index >= 15 is 0 Å². The SMILES string of the molecule is Cc1ccc(NC(=O)c2cccc(C(F)(F)F)c2)cc1Nc1cc(-c2ccoc2)nc2[nH]ccc12. The predicted molar refractivity (Wildman–Crippen MR) is 128 cm³/mol. The van der Waals surface area contributed by atoms with Crippen LogP contribution in [0.4, 0.5) is 30.2 Å². The van der Waals surface area contributed by atoms with Gasteiger partial charge in [-0.1, -0.05) is 12.1 Å². The molecule has 5 aromatic rings. The third kappa shape index (κ3) is 4.61. The van der Waals surface area contributed by atoms with Gasteiger partial charge in [0.25, 0.3) is 5.91 Å². The van der Waals surface area contributed by atoms with E-state index in [0.717, 1.165) is 40.0 Å². The van der Waals surface area contributed by atoms with Crippen LogP contribution in [0.25, 0.3) is 22.3 Å². The third-order valence-corrected chi connectivity index (χ3v) is 5.56. The van der Waals surface area contributed by atoms with Crippen molar-refractivity contribution in [1.29, 1.82) is 0 Å². The molecule has 2 aromatic carbocycles. The highest BCUT2D eigenvalue weighted by Gasteiger charge is 2.30. The molecule has 3 aromatic heterocycles. The van der Waals surface area contributed by atoms with E-state index in [1.54, 1.807) is 30.9 Å². The Labute approximate surface area is 197 Å². The highest BCUT2D eigenvalue weighted by atomic mass is 19.4. The summed E-state index contributed by atoms with van der Waals surface area (Å²) in [5.41, 5.74) is 4.13. The van der Waals surface area contributed by atoms with Crippen molar-refractivity contribution >= 4 is 34.0 Å². The van der Waals surface area contributed by atoms with Crippen molar-refractivity contribution in [2.45, 2.75) is 13.1 Å². The zero-order chi connectivity index (χ0) is 24.6. The molecule has 0 aliphatic rings. The number of aryl methyl sites for hydroxylation is 1. The number of amides is 1. The van der Waals surface area contributed by atoms with Crippen molar-refractivity contribution in [3.05, 3.63) is 96.1 Å². The quantitative estimate of drug-likeness (QED) is 0.252. The number of furan rings is 1. The number of carbonyl (C=O) groups is 1. The summed E-state index contributed by atoms with van der Waals surface area (Å²) in [5.74, 6) is -0.634. The number of halogens is 3. The Hall–Kier alpha value is -4.53. The van der Waals surface area contributed by atoms with Crippen LogP contribution in [0.2, 0.25) is 0 Å². The highest BCUT2D eigenvalue weighted by molar-refractivity contribution is 6.04. The van der Waals surface area contributed by atoms with Gasteiger partial charge < -0.3 is 20.0 Å². The fourth-order valence-electron chi connectivity index (χ4n) is 3.72. The summed E-state index contributed by atoms with van der Waals surface area (Å²) < 4.78 is 44.2. The fraction of sp³-hybridized carbons (Fsp3) is 0.0769. The standard InChI is InChI=1S/C26H19F3N4O2/c1-15-5-6-19(31-25(34)16-3-2-4-18(11-16)26(27,28)29)12-21(15)32-23-13-22(17-8-10-35-14-17)33-24-20(23)7-9-30-24/h2-14H,1H3,(H,31,34)(H2,30,32,33). The van der Waals surface area contributed by atoms with E-state index < -0.39 is 17.6 Å². The molecule has 6 nitrogen and oxygen atoms in total. The monoisotopic (exact) mass is 476 g/mol. The maximum Gasteiger partial charge on any atom is 0.416 e. The average molecular weight is 476 g/mol. The molecule has 9 heteroatoms. The lowest BCUT2D eigenvalue weighted by Crippen LogP contribution is -2.14. The van der Waals surface area contributed by atoms with Crippen molar-refractivity contribution in [3.8, 4) is 11.3 Å². The summed E-state index contributed by atoms with van der Waals surface area (Å²) in [4.78, 5) is 20.4. The van der Waals surface area contributed by atoms with Crippen LogP contribution >= 0.6 is 0 Å². The normalized spacial score (nSPS) is 11.5. The van der Waals surface area contributed by atoms with Crippen LogP contribution in [0, 0.1) is 6.92 Å². The van der Waals surface area contributed by atoms with Crippen LogP contribution in [0.5, 0.6) is 0 Å². The van der Waals surface area contributed by atoms with Gasteiger partial charge in [0.1, 0.15) is 5.65 Å². The van der Waals surface area contributed by atoms with Gasteiger partial charge in [-0.05, 0) is 61.0 Å². The van der Waals surface area contributed by atoms with Gasteiger partial charge in [0, 0.05) is 34.1 Å². The number of H-pyrrole nitrogens is 1. The van der Waals surface area contributed by atoms with E-state index in [0.29, 0.717) is 17.0 Å². The van der Waals surface area contributed by atoms with Crippen LogP contribution in [0.15, 0.2) is 83.8 Å². The number of aromatic amines is 1. The van der Waals surface area contributed by atoms with Gasteiger partial charge in [-0.2, -0.15) is 13.2 Å². The van der Waals surface area contributed by atoms with Crippen LogP contribution in [-0.2, 0) is 6.18 Å². The van der Waals surface area contributed by atoms with Crippen LogP contribution in [0.3, 0.4) is 0 Å². The lowest BCUT2D eigenvalue weighted by Gasteiger charge is -2.14. The minimum absolute atomic E-state index is 0.0807. The highest BCUT2D eigenvalue weighted by Crippen LogP contribution is 2.33. The van der Waals surface area contributed by atoms with Crippen molar-refractivity contribution < 1.29 is 22.4 Å². The number of alkyl halides is 3. The minimum atomic E-state index is -4.53. The Morgan fingerprint density at radius 3 is 2.66 bits per heavy atom. The first-order valence-electron chi connectivity index (χ1n) is 10.6. The molecule has 35 heavy (non-hydrogen) atoms. The van der Waals surface area contributed by atoms with Gasteiger partial charge in [-0.25, -0.2) is 4.98 Å². The molecule has 0 saturated heterocycles.